The highest BCUT2D eigenvalue weighted by Crippen LogP contribution is 2.35. The largest absolute Gasteiger partial charge is 0.476 e. The van der Waals surface area contributed by atoms with Gasteiger partial charge in [0.05, 0.1) is 5.60 Å². The molecule has 30 heavy (non-hydrogen) atoms. The minimum atomic E-state index is -1.15. The molecule has 166 valence electrons. The van der Waals surface area contributed by atoms with E-state index in [9.17, 15) is 23.5 Å². The summed E-state index contributed by atoms with van der Waals surface area (Å²) in [5.74, 6) is -1.04. The molecule has 1 unspecified atom stereocenters. The maximum atomic E-state index is 13.3. The van der Waals surface area contributed by atoms with Crippen LogP contribution in [0.4, 0.5) is 8.78 Å². The molecule has 0 spiro atoms. The summed E-state index contributed by atoms with van der Waals surface area (Å²) in [6, 6.07) is 0. The second kappa shape index (κ2) is 11.7. The molecule has 1 aliphatic carbocycles. The van der Waals surface area contributed by atoms with Crippen LogP contribution in [0, 0.1) is 11.8 Å². The number of ketones is 1. The van der Waals surface area contributed by atoms with Gasteiger partial charge in [-0.1, -0.05) is 23.9 Å². The van der Waals surface area contributed by atoms with E-state index >= 15 is 0 Å². The lowest BCUT2D eigenvalue weighted by Crippen LogP contribution is -2.23. The van der Waals surface area contributed by atoms with E-state index in [-0.39, 0.29) is 36.2 Å². The smallest absolute Gasteiger partial charge is 0.355 e. The van der Waals surface area contributed by atoms with Gasteiger partial charge in [0.25, 0.3) is 0 Å². The summed E-state index contributed by atoms with van der Waals surface area (Å²) in [5, 5.41) is 20.8. The van der Waals surface area contributed by atoms with Gasteiger partial charge in [-0.15, -0.1) is 11.3 Å². The molecule has 1 aromatic rings. The lowest BCUT2D eigenvalue weighted by Gasteiger charge is -2.21. The summed E-state index contributed by atoms with van der Waals surface area (Å²) in [7, 11) is 0. The van der Waals surface area contributed by atoms with Crippen molar-refractivity contribution >= 4 is 57.4 Å². The SMILES string of the molecule is CC(O)(C/C=C/[C@H]1CCC(=O)[C@@H]1CCSc1nc(C(=O)O)cs1)CC/C(F)=C(\F)I. The molecule has 0 aliphatic heterocycles. The lowest BCUT2D eigenvalue weighted by molar-refractivity contribution is -0.121. The average molecular weight is 571 g/mol. The van der Waals surface area contributed by atoms with Gasteiger partial charge >= 0.3 is 5.97 Å². The molecule has 1 saturated carbocycles. The fourth-order valence-corrected chi connectivity index (χ4v) is 5.47. The number of aliphatic hydroxyl groups is 1. The van der Waals surface area contributed by atoms with Crippen LogP contribution >= 0.6 is 45.7 Å². The van der Waals surface area contributed by atoms with Crippen molar-refractivity contribution in [3.05, 3.63) is 32.9 Å². The molecule has 0 amide bonds. The van der Waals surface area contributed by atoms with Gasteiger partial charge in [0.1, 0.15) is 11.6 Å². The molecule has 10 heteroatoms. The topological polar surface area (TPSA) is 87.5 Å². The Labute approximate surface area is 196 Å². The van der Waals surface area contributed by atoms with Gasteiger partial charge in [0.2, 0.25) is 0 Å². The molecular weight excluding hydrogens is 547 g/mol. The summed E-state index contributed by atoms with van der Waals surface area (Å²) < 4.78 is 25.9. The highest BCUT2D eigenvalue weighted by atomic mass is 127. The van der Waals surface area contributed by atoms with Crippen LogP contribution in [0.5, 0.6) is 0 Å². The van der Waals surface area contributed by atoms with Gasteiger partial charge in [0.15, 0.2) is 13.9 Å². The molecule has 0 saturated heterocycles. The van der Waals surface area contributed by atoms with Crippen molar-refractivity contribution in [2.75, 3.05) is 5.75 Å². The van der Waals surface area contributed by atoms with E-state index in [1.807, 2.05) is 12.2 Å². The Morgan fingerprint density at radius 1 is 1.50 bits per heavy atom. The summed E-state index contributed by atoms with van der Waals surface area (Å²) in [4.78, 5) is 27.2. The number of allylic oxidation sites excluding steroid dienone is 2. The van der Waals surface area contributed by atoms with Gasteiger partial charge in [-0.2, -0.15) is 4.39 Å². The highest BCUT2D eigenvalue weighted by Gasteiger charge is 2.32. The molecule has 3 atom stereocenters. The first-order valence-corrected chi connectivity index (χ1v) is 12.5. The zero-order chi connectivity index (χ0) is 22.3. The lowest BCUT2D eigenvalue weighted by atomic mass is 9.90. The minimum Gasteiger partial charge on any atom is -0.476 e. The fourth-order valence-electron chi connectivity index (χ4n) is 3.31. The Bertz CT molecular complexity index is 821. The Morgan fingerprint density at radius 2 is 2.23 bits per heavy atom. The number of carboxylic acid groups (broad SMARTS) is 1. The number of Topliss-reactive ketones (excluding diaryl/α,β-unsaturated/α-hetero) is 1. The molecule has 2 N–H and O–H groups in total. The number of rotatable bonds is 11. The average Bonchev–Trinajstić information content (AvgIpc) is 3.28. The maximum absolute atomic E-state index is 13.3. The van der Waals surface area contributed by atoms with Crippen molar-refractivity contribution in [2.45, 2.75) is 55.4 Å². The van der Waals surface area contributed by atoms with E-state index in [1.54, 1.807) is 6.92 Å². The van der Waals surface area contributed by atoms with Crippen molar-refractivity contribution in [1.82, 2.24) is 4.98 Å². The van der Waals surface area contributed by atoms with Crippen LogP contribution in [0.15, 0.2) is 31.5 Å². The highest BCUT2D eigenvalue weighted by molar-refractivity contribution is 14.1. The monoisotopic (exact) mass is 571 g/mol. The summed E-state index contributed by atoms with van der Waals surface area (Å²) in [5.41, 5.74) is -1.12. The van der Waals surface area contributed by atoms with E-state index in [0.717, 1.165) is 6.42 Å². The predicted molar refractivity (Wildman–Crippen MR) is 123 cm³/mol. The van der Waals surface area contributed by atoms with Crippen LogP contribution in [0.1, 0.15) is 55.9 Å². The number of carbonyl (C=O) groups is 2. The van der Waals surface area contributed by atoms with Crippen LogP contribution < -0.4 is 0 Å². The van der Waals surface area contributed by atoms with Gasteiger partial charge in [-0.25, -0.2) is 14.2 Å². The van der Waals surface area contributed by atoms with Crippen LogP contribution in [-0.2, 0) is 4.79 Å². The molecule has 0 radical (unpaired) electrons. The van der Waals surface area contributed by atoms with Crippen molar-refractivity contribution in [2.24, 2.45) is 11.8 Å². The number of nitrogens with zero attached hydrogens (tertiary/aromatic N) is 1. The van der Waals surface area contributed by atoms with Crippen LogP contribution in [0.2, 0.25) is 0 Å². The Kier molecular flexibility index (Phi) is 9.89. The number of hydrogen-bond acceptors (Lipinski definition) is 6. The molecule has 5 nitrogen and oxygen atoms in total. The van der Waals surface area contributed by atoms with E-state index in [4.69, 9.17) is 5.11 Å². The zero-order valence-corrected chi connectivity index (χ0v) is 20.2. The first kappa shape index (κ1) is 25.4. The Hall–Kier alpha value is -0.850. The minimum absolute atomic E-state index is 0.0314. The third kappa shape index (κ3) is 8.01. The van der Waals surface area contributed by atoms with Gasteiger partial charge in [0, 0.05) is 29.9 Å². The number of halogens is 3. The number of thiazole rings is 1. The molecule has 1 heterocycles. The standard InChI is InChI=1S/C20H24F2INO4S2/c1-20(28,9-6-14(21)17(22)23)8-2-3-12-4-5-16(25)13(12)7-10-29-19-24-15(11-30-19)18(26)27/h2-3,11-13,28H,4-10H2,1H3,(H,26,27)/b3-2+,17-14-/t12-,13+,20?/m0/s1. The number of carboxylic acids is 1. The second-order valence-corrected chi connectivity index (χ2v) is 10.7. The third-order valence-electron chi connectivity index (χ3n) is 5.04. The first-order chi connectivity index (χ1) is 14.1. The third-order valence-corrected chi connectivity index (χ3v) is 7.68. The fraction of sp³-hybridized carbons (Fsp3) is 0.550. The molecule has 1 aliphatic rings. The van der Waals surface area contributed by atoms with Crippen LogP contribution in [0.3, 0.4) is 0 Å². The van der Waals surface area contributed by atoms with Crippen LogP contribution in [-0.4, -0.2) is 38.3 Å². The van der Waals surface area contributed by atoms with Gasteiger partial charge < -0.3 is 10.2 Å². The number of carbonyl (C=O) groups excluding carboxylic acids is 1. The number of aromatic nitrogens is 1. The molecule has 1 fully saturated rings. The Balaban J connectivity index is 1.83. The first-order valence-electron chi connectivity index (χ1n) is 9.52. The number of thioether (sulfide) groups is 1. The van der Waals surface area contributed by atoms with Crippen molar-refractivity contribution in [3.8, 4) is 0 Å². The van der Waals surface area contributed by atoms with Crippen molar-refractivity contribution < 1.29 is 28.6 Å². The normalized spacial score (nSPS) is 22.4. The van der Waals surface area contributed by atoms with E-state index in [1.165, 1.54) is 51.1 Å². The van der Waals surface area contributed by atoms with Crippen LogP contribution in [0.25, 0.3) is 0 Å². The van der Waals surface area contributed by atoms with E-state index in [0.29, 0.717) is 29.4 Å². The van der Waals surface area contributed by atoms with E-state index < -0.39 is 21.2 Å². The molecule has 1 aromatic heterocycles. The van der Waals surface area contributed by atoms with Crippen molar-refractivity contribution in [1.29, 1.82) is 0 Å². The summed E-state index contributed by atoms with van der Waals surface area (Å²) in [6.07, 6.45) is 5.97. The van der Waals surface area contributed by atoms with E-state index in [2.05, 4.69) is 4.98 Å². The van der Waals surface area contributed by atoms with Gasteiger partial charge in [-0.3, -0.25) is 4.79 Å². The zero-order valence-electron chi connectivity index (χ0n) is 16.4. The number of aromatic carboxylic acids is 1. The maximum Gasteiger partial charge on any atom is 0.355 e. The second-order valence-electron chi connectivity index (χ2n) is 7.51. The predicted octanol–water partition coefficient (Wildman–Crippen LogP) is 5.94. The molecule has 0 bridgehead atoms. The van der Waals surface area contributed by atoms with Crippen molar-refractivity contribution in [3.63, 3.8) is 0 Å². The Morgan fingerprint density at radius 3 is 2.87 bits per heavy atom. The van der Waals surface area contributed by atoms with Gasteiger partial charge in [-0.05, 0) is 61.1 Å². The molecular formula is C20H24F2INO4S2. The summed E-state index contributed by atoms with van der Waals surface area (Å²) in [6.45, 7) is 1.59. The molecule has 0 aromatic carbocycles. The number of hydrogen-bond donors (Lipinski definition) is 2. The quantitative estimate of drug-likeness (QED) is 0.194. The molecule has 2 rings (SSSR count). The summed E-state index contributed by atoms with van der Waals surface area (Å²) >= 11 is 4.00.